The van der Waals surface area contributed by atoms with E-state index in [1.54, 1.807) is 29.2 Å². The van der Waals surface area contributed by atoms with Gasteiger partial charge in [0.1, 0.15) is 12.7 Å². The van der Waals surface area contributed by atoms with Crippen LogP contribution < -0.4 is 11.1 Å². The Morgan fingerprint density at radius 3 is 2.43 bits per heavy atom. The van der Waals surface area contributed by atoms with Crippen LogP contribution in [0.5, 0.6) is 0 Å². The predicted octanol–water partition coefficient (Wildman–Crippen LogP) is 4.59. The molecule has 2 aromatic rings. The summed E-state index contributed by atoms with van der Waals surface area (Å²) in [7, 11) is 0. The summed E-state index contributed by atoms with van der Waals surface area (Å²) in [6, 6.07) is 3.72. The van der Waals surface area contributed by atoms with Gasteiger partial charge in [0.25, 0.3) is 5.91 Å². The van der Waals surface area contributed by atoms with E-state index in [1.807, 2.05) is 33.8 Å². The third-order valence-electron chi connectivity index (χ3n) is 3.90. The molecule has 30 heavy (non-hydrogen) atoms. The summed E-state index contributed by atoms with van der Waals surface area (Å²) in [6.45, 7) is 12.1. The van der Waals surface area contributed by atoms with E-state index in [-0.39, 0.29) is 5.91 Å². The van der Waals surface area contributed by atoms with Gasteiger partial charge in [-0.15, -0.1) is 17.9 Å². The lowest BCUT2D eigenvalue weighted by molar-refractivity contribution is 0.0941. The first-order valence-corrected chi connectivity index (χ1v) is 11.0. The van der Waals surface area contributed by atoms with Gasteiger partial charge in [-0.25, -0.2) is 9.67 Å². The minimum absolute atomic E-state index is 0.0417. The lowest BCUT2D eigenvalue weighted by Crippen LogP contribution is -2.31. The van der Waals surface area contributed by atoms with Crippen molar-refractivity contribution in [2.75, 3.05) is 0 Å². The fourth-order valence-corrected chi connectivity index (χ4v) is 3.05. The first-order valence-electron chi connectivity index (χ1n) is 10.2. The molecule has 166 valence electrons. The van der Waals surface area contributed by atoms with Gasteiger partial charge >= 0.3 is 0 Å². The molecule has 1 aliphatic rings. The fourth-order valence-electron chi connectivity index (χ4n) is 2.32. The van der Waals surface area contributed by atoms with E-state index in [1.165, 1.54) is 30.5 Å². The number of hydrogen-bond donors (Lipinski definition) is 2. The zero-order valence-electron chi connectivity index (χ0n) is 18.5. The number of nitrogens with zero attached hydrogens (tertiary/aromatic N) is 3. The molecule has 2 aromatic heterocycles. The number of carbonyl (C=O) groups is 2. The normalized spacial score (nSPS) is 12.9. The van der Waals surface area contributed by atoms with Crippen LogP contribution >= 0.6 is 11.3 Å². The second-order valence-corrected chi connectivity index (χ2v) is 7.33. The molecule has 0 atom stereocenters. The molecule has 8 heteroatoms. The SMILES string of the molecule is C/C=C(\C)N.C=CCn1cncn1.CC.O=Cc1ccc(C(=O)NC2CCCC2)s1. The van der Waals surface area contributed by atoms with Crippen LogP contribution in [-0.2, 0) is 6.54 Å². The number of rotatable bonds is 5. The highest BCUT2D eigenvalue weighted by atomic mass is 32.1. The standard InChI is InChI=1S/C11H13NO2S.C5H7N3.C4H9N.C2H6/c13-7-9-5-6-10(15-9)11(14)12-8-3-1-2-4-8;1-2-3-8-5-6-4-7-8;1-3-4(2)5;1-2/h5-8H,1-4H2,(H,12,14);2,4-5H,1,3H2;3H,5H2,1-2H3;1-2H3/b;;4-3+;. The molecular formula is C22H35N5O2S. The van der Waals surface area contributed by atoms with Gasteiger partial charge in [0.05, 0.1) is 16.3 Å². The fraction of sp³-hybridized carbons (Fsp3) is 0.455. The Morgan fingerprint density at radius 1 is 1.37 bits per heavy atom. The Bertz CT molecular complexity index is 743. The van der Waals surface area contributed by atoms with E-state index in [0.717, 1.165) is 31.4 Å². The van der Waals surface area contributed by atoms with Crippen LogP contribution in [0.25, 0.3) is 0 Å². The Morgan fingerprint density at radius 2 is 2.00 bits per heavy atom. The molecular weight excluding hydrogens is 398 g/mol. The molecule has 0 bridgehead atoms. The van der Waals surface area contributed by atoms with Crippen molar-refractivity contribution in [3.05, 3.63) is 59.0 Å². The highest BCUT2D eigenvalue weighted by molar-refractivity contribution is 7.15. The zero-order valence-corrected chi connectivity index (χ0v) is 19.3. The molecule has 1 fully saturated rings. The van der Waals surface area contributed by atoms with E-state index >= 15 is 0 Å². The largest absolute Gasteiger partial charge is 0.403 e. The summed E-state index contributed by atoms with van der Waals surface area (Å²) in [4.78, 5) is 27.2. The number of aldehydes is 1. The average Bonchev–Trinajstić information content (AvgIpc) is 3.53. The predicted molar refractivity (Wildman–Crippen MR) is 125 cm³/mol. The molecule has 0 saturated heterocycles. The quantitative estimate of drug-likeness (QED) is 0.530. The van der Waals surface area contributed by atoms with Crippen molar-refractivity contribution in [2.45, 2.75) is 66.0 Å². The number of thiophene rings is 1. The summed E-state index contributed by atoms with van der Waals surface area (Å²) in [5, 5.41) is 6.83. The number of amides is 1. The minimum atomic E-state index is -0.0417. The topological polar surface area (TPSA) is 103 Å². The third kappa shape index (κ3) is 12.0. The Kier molecular flexibility index (Phi) is 15.6. The maximum Gasteiger partial charge on any atom is 0.261 e. The van der Waals surface area contributed by atoms with E-state index in [9.17, 15) is 9.59 Å². The van der Waals surface area contributed by atoms with Crippen molar-refractivity contribution in [3.8, 4) is 0 Å². The van der Waals surface area contributed by atoms with Crippen molar-refractivity contribution >= 4 is 23.5 Å². The molecule has 3 N–H and O–H groups in total. The summed E-state index contributed by atoms with van der Waals surface area (Å²) in [5.41, 5.74) is 6.03. The van der Waals surface area contributed by atoms with Gasteiger partial charge in [0.15, 0.2) is 6.29 Å². The highest BCUT2D eigenvalue weighted by Crippen LogP contribution is 2.19. The second-order valence-electron chi connectivity index (χ2n) is 6.21. The van der Waals surface area contributed by atoms with Gasteiger partial charge in [-0.05, 0) is 38.8 Å². The maximum absolute atomic E-state index is 11.7. The van der Waals surface area contributed by atoms with Crippen LogP contribution in [-0.4, -0.2) is 33.0 Å². The first kappa shape index (κ1) is 27.3. The average molecular weight is 434 g/mol. The lowest BCUT2D eigenvalue weighted by Gasteiger charge is -2.10. The van der Waals surface area contributed by atoms with Gasteiger partial charge in [-0.1, -0.05) is 38.8 Å². The van der Waals surface area contributed by atoms with Gasteiger partial charge in [-0.3, -0.25) is 9.59 Å². The molecule has 1 amide bonds. The number of hydrogen-bond acceptors (Lipinski definition) is 6. The van der Waals surface area contributed by atoms with Gasteiger partial charge < -0.3 is 11.1 Å². The molecule has 2 heterocycles. The van der Waals surface area contributed by atoms with Crippen molar-refractivity contribution in [1.82, 2.24) is 20.1 Å². The summed E-state index contributed by atoms with van der Waals surface area (Å²) in [5.74, 6) is -0.0417. The van der Waals surface area contributed by atoms with Gasteiger partial charge in [-0.2, -0.15) is 5.10 Å². The van der Waals surface area contributed by atoms with Crippen molar-refractivity contribution in [2.24, 2.45) is 5.73 Å². The molecule has 1 aliphatic carbocycles. The number of allylic oxidation sites excluding steroid dienone is 3. The van der Waals surface area contributed by atoms with Crippen LogP contribution in [0.4, 0.5) is 0 Å². The molecule has 7 nitrogen and oxygen atoms in total. The van der Waals surface area contributed by atoms with Crippen LogP contribution in [0.1, 0.15) is 72.7 Å². The lowest BCUT2D eigenvalue weighted by atomic mass is 10.2. The van der Waals surface area contributed by atoms with Gasteiger partial charge in [0, 0.05) is 11.7 Å². The summed E-state index contributed by atoms with van der Waals surface area (Å²) in [6.07, 6.45) is 12.1. The number of nitrogens with one attached hydrogen (secondary N) is 1. The van der Waals surface area contributed by atoms with Crippen LogP contribution in [0.3, 0.4) is 0 Å². The maximum atomic E-state index is 11.7. The summed E-state index contributed by atoms with van der Waals surface area (Å²) < 4.78 is 1.70. The Hall–Kier alpha value is -2.74. The molecule has 0 spiro atoms. The Balaban J connectivity index is 0.000000472. The number of carbonyl (C=O) groups excluding carboxylic acids is 2. The van der Waals surface area contributed by atoms with E-state index in [4.69, 9.17) is 5.73 Å². The van der Waals surface area contributed by atoms with Crippen molar-refractivity contribution in [3.63, 3.8) is 0 Å². The molecule has 0 aromatic carbocycles. The van der Waals surface area contributed by atoms with E-state index in [0.29, 0.717) is 15.8 Å². The van der Waals surface area contributed by atoms with Crippen LogP contribution in [0.2, 0.25) is 0 Å². The minimum Gasteiger partial charge on any atom is -0.403 e. The highest BCUT2D eigenvalue weighted by Gasteiger charge is 2.18. The van der Waals surface area contributed by atoms with E-state index in [2.05, 4.69) is 22.0 Å². The summed E-state index contributed by atoms with van der Waals surface area (Å²) >= 11 is 1.24. The molecule has 1 saturated carbocycles. The number of nitrogens with two attached hydrogens (primary N) is 1. The Labute approximate surface area is 184 Å². The smallest absolute Gasteiger partial charge is 0.261 e. The second kappa shape index (κ2) is 17.1. The molecule has 0 radical (unpaired) electrons. The zero-order chi connectivity index (χ0) is 22.8. The molecule has 0 aliphatic heterocycles. The van der Waals surface area contributed by atoms with Crippen LogP contribution in [0, 0.1) is 0 Å². The molecule has 3 rings (SSSR count). The third-order valence-corrected chi connectivity index (χ3v) is 4.90. The van der Waals surface area contributed by atoms with Crippen molar-refractivity contribution < 1.29 is 9.59 Å². The first-order chi connectivity index (χ1) is 14.5. The molecule has 0 unspecified atom stereocenters. The van der Waals surface area contributed by atoms with Crippen molar-refractivity contribution in [1.29, 1.82) is 0 Å². The van der Waals surface area contributed by atoms with Gasteiger partial charge in [0.2, 0.25) is 0 Å². The van der Waals surface area contributed by atoms with E-state index < -0.39 is 0 Å². The number of aromatic nitrogens is 3. The van der Waals surface area contributed by atoms with Crippen LogP contribution in [0.15, 0.2) is 49.2 Å². The monoisotopic (exact) mass is 433 g/mol.